The van der Waals surface area contributed by atoms with E-state index in [1.54, 1.807) is 35.5 Å². The minimum atomic E-state index is -0.0864. The van der Waals surface area contributed by atoms with Crippen LogP contribution in [0.1, 0.15) is 32.7 Å². The molecular weight excluding hydrogens is 438 g/mol. The smallest absolute Gasteiger partial charge is 0.251 e. The molecule has 0 radical (unpaired) electrons. The summed E-state index contributed by atoms with van der Waals surface area (Å²) >= 11 is 3.37. The zero-order valence-corrected chi connectivity index (χ0v) is 19.3. The fraction of sp³-hybridized carbons (Fsp3) is 0.160. The van der Waals surface area contributed by atoms with Gasteiger partial charge in [0.05, 0.1) is 0 Å². The largest absolute Gasteiger partial charge is 0.489 e. The van der Waals surface area contributed by atoms with Gasteiger partial charge in [-0.15, -0.1) is 11.3 Å². The number of ether oxygens (including phenoxy) is 1. The summed E-state index contributed by atoms with van der Waals surface area (Å²) in [6.45, 7) is 2.94. The van der Waals surface area contributed by atoms with Gasteiger partial charge in [-0.1, -0.05) is 42.1 Å². The minimum absolute atomic E-state index is 0.0864. The zero-order valence-electron chi connectivity index (χ0n) is 17.7. The molecule has 2 aromatic heterocycles. The molecule has 0 saturated heterocycles. The maximum absolute atomic E-state index is 12.5. The van der Waals surface area contributed by atoms with Crippen LogP contribution >= 0.6 is 23.1 Å². The van der Waals surface area contributed by atoms with E-state index in [0.29, 0.717) is 18.7 Å². The van der Waals surface area contributed by atoms with Crippen molar-refractivity contribution < 1.29 is 9.53 Å². The van der Waals surface area contributed by atoms with Crippen LogP contribution in [0, 0.1) is 6.92 Å². The number of hydrogen-bond acceptors (Lipinski definition) is 6. The summed E-state index contributed by atoms with van der Waals surface area (Å²) in [4.78, 5) is 21.0. The van der Waals surface area contributed by atoms with Crippen molar-refractivity contribution in [3.8, 4) is 5.75 Å². The van der Waals surface area contributed by atoms with E-state index in [9.17, 15) is 4.79 Å². The highest BCUT2D eigenvalue weighted by Crippen LogP contribution is 2.26. The molecule has 0 unspecified atom stereocenters. The van der Waals surface area contributed by atoms with Crippen molar-refractivity contribution in [1.29, 1.82) is 0 Å². The Bertz CT molecular complexity index is 1140. The number of aromatic nitrogens is 2. The number of rotatable bonds is 9. The lowest BCUT2D eigenvalue weighted by Gasteiger charge is -2.09. The molecule has 0 saturated carbocycles. The number of nitrogens with one attached hydrogen (secondary N) is 1. The van der Waals surface area contributed by atoms with E-state index in [2.05, 4.69) is 20.7 Å². The number of amides is 1. The van der Waals surface area contributed by atoms with E-state index >= 15 is 0 Å². The van der Waals surface area contributed by atoms with Crippen molar-refractivity contribution in [3.05, 3.63) is 106 Å². The molecule has 2 aromatic carbocycles. The molecule has 2 heterocycles. The van der Waals surface area contributed by atoms with Crippen molar-refractivity contribution in [2.75, 3.05) is 0 Å². The van der Waals surface area contributed by atoms with Crippen LogP contribution in [0.3, 0.4) is 0 Å². The van der Waals surface area contributed by atoms with Gasteiger partial charge in [0.25, 0.3) is 5.91 Å². The number of thiazole rings is 1. The van der Waals surface area contributed by atoms with Crippen molar-refractivity contribution in [1.82, 2.24) is 15.3 Å². The molecule has 4 rings (SSSR count). The van der Waals surface area contributed by atoms with Crippen molar-refractivity contribution >= 4 is 29.0 Å². The quantitative estimate of drug-likeness (QED) is 0.327. The first-order valence-electron chi connectivity index (χ1n) is 10.2. The fourth-order valence-corrected chi connectivity index (χ4v) is 4.74. The fourth-order valence-electron chi connectivity index (χ4n) is 2.93. The normalized spacial score (nSPS) is 10.7. The number of carbonyl (C=O) groups is 1. The lowest BCUT2D eigenvalue weighted by Crippen LogP contribution is -2.22. The summed E-state index contributed by atoms with van der Waals surface area (Å²) in [5.41, 5.74) is 4.91. The second-order valence-corrected chi connectivity index (χ2v) is 9.30. The van der Waals surface area contributed by atoms with Crippen LogP contribution in [-0.4, -0.2) is 15.9 Å². The molecule has 0 aliphatic heterocycles. The van der Waals surface area contributed by atoms with E-state index in [1.807, 2.05) is 67.6 Å². The highest BCUT2D eigenvalue weighted by atomic mass is 32.2. The minimum Gasteiger partial charge on any atom is -0.489 e. The molecule has 7 heteroatoms. The van der Waals surface area contributed by atoms with Crippen molar-refractivity contribution in [2.24, 2.45) is 0 Å². The summed E-state index contributed by atoms with van der Waals surface area (Å²) in [5, 5.41) is 5.03. The highest BCUT2D eigenvalue weighted by molar-refractivity contribution is 8.00. The number of pyridine rings is 1. The molecule has 0 spiro atoms. The summed E-state index contributed by atoms with van der Waals surface area (Å²) < 4.78 is 6.84. The molecule has 0 atom stereocenters. The van der Waals surface area contributed by atoms with Crippen LogP contribution in [0.4, 0.5) is 0 Å². The summed E-state index contributed by atoms with van der Waals surface area (Å²) in [6, 6.07) is 19.3. The first-order valence-corrected chi connectivity index (χ1v) is 12.0. The molecule has 162 valence electrons. The topological polar surface area (TPSA) is 64.1 Å². The van der Waals surface area contributed by atoms with E-state index in [4.69, 9.17) is 4.74 Å². The molecule has 0 fully saturated rings. The van der Waals surface area contributed by atoms with Gasteiger partial charge in [-0.2, -0.15) is 0 Å². The average Bonchev–Trinajstić information content (AvgIpc) is 3.26. The van der Waals surface area contributed by atoms with E-state index in [1.165, 1.54) is 5.56 Å². The Hall–Kier alpha value is -3.16. The molecule has 32 heavy (non-hydrogen) atoms. The second-order valence-electron chi connectivity index (χ2n) is 7.22. The van der Waals surface area contributed by atoms with Crippen LogP contribution in [-0.2, 0) is 18.9 Å². The predicted octanol–water partition coefficient (Wildman–Crippen LogP) is 5.65. The molecule has 1 N–H and O–H groups in total. The van der Waals surface area contributed by atoms with Gasteiger partial charge in [0.2, 0.25) is 0 Å². The Balaban J connectivity index is 1.23. The van der Waals surface area contributed by atoms with Crippen molar-refractivity contribution in [3.63, 3.8) is 0 Å². The number of carbonyl (C=O) groups excluding carboxylic acids is 1. The SMILES string of the molecule is Cc1csc(SCc2ccc(C(=O)NCc3ccc(OCc4cccnc4)cc3)cc2)n1. The summed E-state index contributed by atoms with van der Waals surface area (Å²) in [5.74, 6) is 1.53. The third-order valence-corrected chi connectivity index (χ3v) is 6.89. The molecule has 4 aromatic rings. The zero-order chi connectivity index (χ0) is 22.2. The van der Waals surface area contributed by atoms with E-state index in [0.717, 1.165) is 32.7 Å². The molecular formula is C25H23N3O2S2. The van der Waals surface area contributed by atoms with Gasteiger partial charge < -0.3 is 10.1 Å². The monoisotopic (exact) mass is 461 g/mol. The average molecular weight is 462 g/mol. The number of nitrogens with zero attached hydrogens (tertiary/aromatic N) is 2. The van der Waals surface area contributed by atoms with Gasteiger partial charge in [0.1, 0.15) is 16.7 Å². The van der Waals surface area contributed by atoms with Crippen LogP contribution in [0.25, 0.3) is 0 Å². The van der Waals surface area contributed by atoms with Crippen molar-refractivity contribution in [2.45, 2.75) is 30.2 Å². The Morgan fingerprint density at radius 3 is 2.50 bits per heavy atom. The highest BCUT2D eigenvalue weighted by Gasteiger charge is 2.07. The van der Waals surface area contributed by atoms with Crippen LogP contribution in [0.5, 0.6) is 5.75 Å². The summed E-state index contributed by atoms with van der Waals surface area (Å²) in [6.07, 6.45) is 3.53. The van der Waals surface area contributed by atoms with E-state index in [-0.39, 0.29) is 5.91 Å². The molecule has 1 amide bonds. The number of thioether (sulfide) groups is 1. The van der Waals surface area contributed by atoms with Gasteiger partial charge >= 0.3 is 0 Å². The third-order valence-electron chi connectivity index (χ3n) is 4.68. The third kappa shape index (κ3) is 6.42. The standard InChI is InChI=1S/C25H23N3O2S2/c1-18-16-31-25(28-18)32-17-20-4-8-22(9-5-20)24(29)27-14-19-6-10-23(11-7-19)30-15-21-3-2-12-26-13-21/h2-13,16H,14-15,17H2,1H3,(H,27,29). The van der Waals surface area contributed by atoms with Gasteiger partial charge in [0, 0.05) is 46.9 Å². The molecule has 5 nitrogen and oxygen atoms in total. The predicted molar refractivity (Wildman–Crippen MR) is 129 cm³/mol. The van der Waals surface area contributed by atoms with Gasteiger partial charge in [-0.25, -0.2) is 4.98 Å². The molecule has 0 bridgehead atoms. The molecule has 0 aliphatic carbocycles. The summed E-state index contributed by atoms with van der Waals surface area (Å²) in [7, 11) is 0. The lowest BCUT2D eigenvalue weighted by atomic mass is 10.1. The number of benzene rings is 2. The Morgan fingerprint density at radius 1 is 1.03 bits per heavy atom. The van der Waals surface area contributed by atoms with Gasteiger partial charge in [-0.05, 0) is 48.4 Å². The van der Waals surface area contributed by atoms with Crippen LogP contribution < -0.4 is 10.1 Å². The molecule has 0 aliphatic rings. The number of hydrogen-bond donors (Lipinski definition) is 1. The Labute approximate surface area is 195 Å². The van der Waals surface area contributed by atoms with E-state index < -0.39 is 0 Å². The number of aryl methyl sites for hydroxylation is 1. The van der Waals surface area contributed by atoms with Gasteiger partial charge in [-0.3, -0.25) is 9.78 Å². The van der Waals surface area contributed by atoms with Crippen LogP contribution in [0.2, 0.25) is 0 Å². The first-order chi connectivity index (χ1) is 15.7. The van der Waals surface area contributed by atoms with Gasteiger partial charge in [0.15, 0.2) is 0 Å². The Kier molecular flexibility index (Phi) is 7.53. The first kappa shape index (κ1) is 22.0. The Morgan fingerprint density at radius 2 is 1.81 bits per heavy atom. The maximum atomic E-state index is 12.5. The second kappa shape index (κ2) is 10.9. The van der Waals surface area contributed by atoms with Crippen LogP contribution in [0.15, 0.2) is 82.8 Å². The maximum Gasteiger partial charge on any atom is 0.251 e. The lowest BCUT2D eigenvalue weighted by molar-refractivity contribution is 0.0951.